The summed E-state index contributed by atoms with van der Waals surface area (Å²) >= 11 is 0. The van der Waals surface area contributed by atoms with Crippen molar-refractivity contribution in [3.63, 3.8) is 0 Å². The highest BCUT2D eigenvalue weighted by Crippen LogP contribution is 2.40. The molecule has 1 aromatic rings. The molecule has 1 amide bonds. The van der Waals surface area contributed by atoms with E-state index in [1.54, 1.807) is 11.0 Å². The molecule has 3 rings (SSSR count). The Bertz CT molecular complexity index is 528. The number of rotatable bonds is 5. The van der Waals surface area contributed by atoms with Crippen LogP contribution in [0.25, 0.3) is 0 Å². The molecule has 2 heterocycles. The van der Waals surface area contributed by atoms with Crippen molar-refractivity contribution in [2.45, 2.75) is 44.4 Å². The smallest absolute Gasteiger partial charge is 0.303 e. The molecule has 1 aromatic heterocycles. The Morgan fingerprint density at radius 1 is 1.29 bits per heavy atom. The summed E-state index contributed by atoms with van der Waals surface area (Å²) in [4.78, 5) is 24.7. The van der Waals surface area contributed by atoms with Crippen molar-refractivity contribution >= 4 is 11.9 Å². The van der Waals surface area contributed by atoms with Crippen LogP contribution in [0.5, 0.6) is 0 Å². The number of aliphatic carboxylic acids is 1. The van der Waals surface area contributed by atoms with Gasteiger partial charge in [0.1, 0.15) is 5.76 Å². The van der Waals surface area contributed by atoms with Gasteiger partial charge in [-0.25, -0.2) is 0 Å². The van der Waals surface area contributed by atoms with E-state index in [4.69, 9.17) is 9.63 Å². The van der Waals surface area contributed by atoms with E-state index in [9.17, 15) is 9.59 Å². The number of piperidine rings is 1. The lowest BCUT2D eigenvalue weighted by Crippen LogP contribution is -2.38. The van der Waals surface area contributed by atoms with Crippen LogP contribution in [0.4, 0.5) is 0 Å². The summed E-state index contributed by atoms with van der Waals surface area (Å²) in [6.45, 7) is 1.35. The van der Waals surface area contributed by atoms with Gasteiger partial charge >= 0.3 is 5.97 Å². The number of carboxylic acids is 1. The molecule has 6 nitrogen and oxygen atoms in total. The van der Waals surface area contributed by atoms with Gasteiger partial charge in [-0.1, -0.05) is 5.16 Å². The van der Waals surface area contributed by atoms with Crippen LogP contribution in [0.2, 0.25) is 0 Å². The van der Waals surface area contributed by atoms with Crippen LogP contribution >= 0.6 is 0 Å². The predicted molar refractivity (Wildman–Crippen MR) is 74.0 cm³/mol. The summed E-state index contributed by atoms with van der Waals surface area (Å²) in [5.41, 5.74) is 0.404. The molecule has 1 aliphatic heterocycles. The second kappa shape index (κ2) is 5.87. The van der Waals surface area contributed by atoms with Crippen molar-refractivity contribution in [1.82, 2.24) is 10.1 Å². The van der Waals surface area contributed by atoms with Crippen LogP contribution in [0.15, 0.2) is 10.6 Å². The van der Waals surface area contributed by atoms with Gasteiger partial charge in [0.05, 0.1) is 0 Å². The van der Waals surface area contributed by atoms with Crippen molar-refractivity contribution in [3.8, 4) is 0 Å². The molecule has 1 aliphatic carbocycles. The Hall–Kier alpha value is -1.85. The number of aromatic nitrogens is 1. The Balaban J connectivity index is 1.51. The standard InChI is InChI=1S/C15H20N2O4/c18-14(19)4-1-10-5-7-17(8-6-10)15(20)12-9-13(21-16-12)11-2-3-11/h9-11H,1-8H2,(H,18,19). The lowest BCUT2D eigenvalue weighted by molar-refractivity contribution is -0.137. The average Bonchev–Trinajstić information content (AvgIpc) is 3.22. The quantitative estimate of drug-likeness (QED) is 0.900. The van der Waals surface area contributed by atoms with E-state index in [2.05, 4.69) is 5.16 Å². The molecule has 6 heteroatoms. The van der Waals surface area contributed by atoms with Crippen LogP contribution in [-0.4, -0.2) is 40.1 Å². The van der Waals surface area contributed by atoms with Crippen molar-refractivity contribution in [2.75, 3.05) is 13.1 Å². The third-order valence-electron chi connectivity index (χ3n) is 4.40. The average molecular weight is 292 g/mol. The van der Waals surface area contributed by atoms with Crippen molar-refractivity contribution < 1.29 is 19.2 Å². The largest absolute Gasteiger partial charge is 0.481 e. The highest BCUT2D eigenvalue weighted by Gasteiger charge is 2.31. The first-order valence-corrected chi connectivity index (χ1v) is 7.61. The third kappa shape index (κ3) is 3.43. The number of nitrogens with zero attached hydrogens (tertiary/aromatic N) is 2. The van der Waals surface area contributed by atoms with Gasteiger partial charge in [-0.15, -0.1) is 0 Å². The summed E-state index contributed by atoms with van der Waals surface area (Å²) in [5, 5.41) is 12.6. The molecule has 1 saturated carbocycles. The summed E-state index contributed by atoms with van der Waals surface area (Å²) in [5.74, 6) is 0.881. The van der Waals surface area contributed by atoms with E-state index in [0.717, 1.165) is 31.4 Å². The maximum atomic E-state index is 12.3. The number of carbonyl (C=O) groups excluding carboxylic acids is 1. The lowest BCUT2D eigenvalue weighted by Gasteiger charge is -2.31. The molecule has 2 aliphatic rings. The Labute approximate surface area is 123 Å². The molecule has 0 unspecified atom stereocenters. The number of hydrogen-bond donors (Lipinski definition) is 1. The van der Waals surface area contributed by atoms with Crippen LogP contribution in [0.3, 0.4) is 0 Å². The second-order valence-electron chi connectivity index (χ2n) is 6.06. The minimum Gasteiger partial charge on any atom is -0.481 e. The first kappa shape index (κ1) is 14.1. The zero-order chi connectivity index (χ0) is 14.8. The zero-order valence-corrected chi connectivity index (χ0v) is 12.0. The van der Waals surface area contributed by atoms with E-state index in [1.165, 1.54) is 0 Å². The van der Waals surface area contributed by atoms with Gasteiger partial charge in [-0.3, -0.25) is 9.59 Å². The molecule has 0 spiro atoms. The molecule has 21 heavy (non-hydrogen) atoms. The summed E-state index contributed by atoms with van der Waals surface area (Å²) < 4.78 is 5.22. The van der Waals surface area contributed by atoms with Gasteiger partial charge < -0.3 is 14.5 Å². The van der Waals surface area contributed by atoms with Crippen LogP contribution < -0.4 is 0 Å². The van der Waals surface area contributed by atoms with Crippen molar-refractivity contribution in [2.24, 2.45) is 5.92 Å². The minimum atomic E-state index is -0.747. The van der Waals surface area contributed by atoms with Crippen LogP contribution in [0, 0.1) is 5.92 Å². The number of likely N-dealkylation sites (tertiary alicyclic amines) is 1. The maximum absolute atomic E-state index is 12.3. The van der Waals surface area contributed by atoms with Gasteiger partial charge in [-0.05, 0) is 38.0 Å². The van der Waals surface area contributed by atoms with Gasteiger partial charge in [0.15, 0.2) is 5.69 Å². The molecule has 1 saturated heterocycles. The number of amides is 1. The van der Waals surface area contributed by atoms with Gasteiger partial charge in [0.2, 0.25) is 0 Å². The molecule has 0 radical (unpaired) electrons. The fraction of sp³-hybridized carbons (Fsp3) is 0.667. The second-order valence-corrected chi connectivity index (χ2v) is 6.06. The fourth-order valence-electron chi connectivity index (χ4n) is 2.86. The highest BCUT2D eigenvalue weighted by atomic mass is 16.5. The van der Waals surface area contributed by atoms with Crippen molar-refractivity contribution in [1.29, 1.82) is 0 Å². The molecule has 2 fully saturated rings. The monoisotopic (exact) mass is 292 g/mol. The van der Waals surface area contributed by atoms with Gasteiger partial charge in [0.25, 0.3) is 5.91 Å². The lowest BCUT2D eigenvalue weighted by atomic mass is 9.92. The molecular weight excluding hydrogens is 272 g/mol. The molecule has 1 N–H and O–H groups in total. The fourth-order valence-corrected chi connectivity index (χ4v) is 2.86. The number of carboxylic acid groups (broad SMARTS) is 1. The maximum Gasteiger partial charge on any atom is 0.303 e. The molecular formula is C15H20N2O4. The van der Waals surface area contributed by atoms with E-state index in [0.29, 0.717) is 37.0 Å². The molecule has 114 valence electrons. The van der Waals surface area contributed by atoms with Gasteiger partial charge in [-0.2, -0.15) is 0 Å². The number of hydrogen-bond acceptors (Lipinski definition) is 4. The summed E-state index contributed by atoms with van der Waals surface area (Å²) in [6.07, 6.45) is 4.90. The summed E-state index contributed by atoms with van der Waals surface area (Å²) in [7, 11) is 0. The Morgan fingerprint density at radius 2 is 2.00 bits per heavy atom. The van der Waals surface area contributed by atoms with Crippen LogP contribution in [0.1, 0.15) is 60.7 Å². The zero-order valence-electron chi connectivity index (χ0n) is 12.0. The third-order valence-corrected chi connectivity index (χ3v) is 4.40. The predicted octanol–water partition coefficient (Wildman–Crippen LogP) is 2.27. The summed E-state index contributed by atoms with van der Waals surface area (Å²) in [6, 6.07) is 1.77. The van der Waals surface area contributed by atoms with E-state index in [1.807, 2.05) is 0 Å². The van der Waals surface area contributed by atoms with E-state index < -0.39 is 5.97 Å². The first-order chi connectivity index (χ1) is 10.1. The van der Waals surface area contributed by atoms with Crippen molar-refractivity contribution in [3.05, 3.63) is 17.5 Å². The number of carbonyl (C=O) groups is 2. The minimum absolute atomic E-state index is 0.0673. The molecule has 0 atom stereocenters. The first-order valence-electron chi connectivity index (χ1n) is 7.61. The van der Waals surface area contributed by atoms with E-state index in [-0.39, 0.29) is 12.3 Å². The van der Waals surface area contributed by atoms with Crippen LogP contribution in [-0.2, 0) is 4.79 Å². The SMILES string of the molecule is O=C(O)CCC1CCN(C(=O)c2cc(C3CC3)on2)CC1. The Kier molecular flexibility index (Phi) is 3.94. The molecule has 0 aromatic carbocycles. The normalized spacial score (nSPS) is 19.7. The molecule has 0 bridgehead atoms. The topological polar surface area (TPSA) is 83.6 Å². The van der Waals surface area contributed by atoms with Gasteiger partial charge in [0, 0.05) is 31.5 Å². The van der Waals surface area contributed by atoms with E-state index >= 15 is 0 Å². The Morgan fingerprint density at radius 3 is 2.62 bits per heavy atom. The highest BCUT2D eigenvalue weighted by molar-refractivity contribution is 5.92.